The Hall–Kier alpha value is -1.85. The number of benzene rings is 1. The normalized spacial score (nSPS) is 18.8. The Kier molecular flexibility index (Phi) is 6.02. The molecule has 0 aliphatic carbocycles. The van der Waals surface area contributed by atoms with Crippen LogP contribution in [0.2, 0.25) is 0 Å². The first-order chi connectivity index (χ1) is 11.1. The van der Waals surface area contributed by atoms with Gasteiger partial charge in [0.15, 0.2) is 0 Å². The fourth-order valence-electron chi connectivity index (χ4n) is 3.21. The average Bonchev–Trinajstić information content (AvgIpc) is 3.04. The van der Waals surface area contributed by atoms with Gasteiger partial charge in [0.05, 0.1) is 5.69 Å². The number of nitrogens with zero attached hydrogens (tertiary/aromatic N) is 2. The molecule has 24 heavy (non-hydrogen) atoms. The fraction of sp³-hybridized carbons (Fsp3) is 0.444. The quantitative estimate of drug-likeness (QED) is 0.894. The van der Waals surface area contributed by atoms with Gasteiger partial charge in [-0.1, -0.05) is 29.8 Å². The van der Waals surface area contributed by atoms with Crippen molar-refractivity contribution in [2.24, 2.45) is 5.73 Å². The molecule has 2 aromatic rings. The summed E-state index contributed by atoms with van der Waals surface area (Å²) in [5, 5.41) is 7.19. The highest BCUT2D eigenvalue weighted by atomic mass is 35.5. The number of H-pyrrole nitrogens is 1. The predicted octanol–water partition coefficient (Wildman–Crippen LogP) is 3.15. The number of nitrogens with two attached hydrogens (primary N) is 1. The Morgan fingerprint density at radius 3 is 2.71 bits per heavy atom. The number of nitrogens with one attached hydrogen (secondary N) is 1. The van der Waals surface area contributed by atoms with Crippen molar-refractivity contribution in [1.29, 1.82) is 0 Å². The number of carbonyl (C=O) groups excluding carboxylic acids is 1. The van der Waals surface area contributed by atoms with Crippen LogP contribution in [0.15, 0.2) is 30.3 Å². The van der Waals surface area contributed by atoms with E-state index in [9.17, 15) is 4.79 Å². The number of aromatic nitrogens is 2. The van der Waals surface area contributed by atoms with Crippen LogP contribution in [0.25, 0.3) is 11.3 Å². The van der Waals surface area contributed by atoms with Crippen molar-refractivity contribution in [3.8, 4) is 11.3 Å². The molecule has 1 aromatic carbocycles. The molecular weight excluding hydrogens is 324 g/mol. The van der Waals surface area contributed by atoms with Crippen molar-refractivity contribution in [2.75, 3.05) is 6.54 Å². The van der Waals surface area contributed by atoms with E-state index in [1.165, 1.54) is 5.56 Å². The predicted molar refractivity (Wildman–Crippen MR) is 98.3 cm³/mol. The first-order valence-corrected chi connectivity index (χ1v) is 8.25. The number of halogens is 1. The molecule has 1 aromatic heterocycles. The second-order valence-electron chi connectivity index (χ2n) is 6.45. The lowest BCUT2D eigenvalue weighted by molar-refractivity contribution is 0.0577. The van der Waals surface area contributed by atoms with Gasteiger partial charge in [-0.2, -0.15) is 5.10 Å². The van der Waals surface area contributed by atoms with Crippen LogP contribution in [0.3, 0.4) is 0 Å². The van der Waals surface area contributed by atoms with E-state index < -0.39 is 0 Å². The maximum atomic E-state index is 12.8. The summed E-state index contributed by atoms with van der Waals surface area (Å²) in [4.78, 5) is 14.7. The van der Waals surface area contributed by atoms with Gasteiger partial charge in [0.1, 0.15) is 5.69 Å². The molecule has 2 heterocycles. The minimum Gasteiger partial charge on any atom is -0.333 e. The third kappa shape index (κ3) is 3.79. The van der Waals surface area contributed by atoms with Crippen LogP contribution in [-0.4, -0.2) is 39.6 Å². The summed E-state index contributed by atoms with van der Waals surface area (Å²) in [6.45, 7) is 4.79. The van der Waals surface area contributed by atoms with E-state index in [1.54, 1.807) is 0 Å². The zero-order valence-corrected chi connectivity index (χ0v) is 15.0. The maximum absolute atomic E-state index is 12.8. The van der Waals surface area contributed by atoms with Crippen molar-refractivity contribution in [1.82, 2.24) is 15.1 Å². The van der Waals surface area contributed by atoms with Crippen LogP contribution in [0.5, 0.6) is 0 Å². The molecule has 1 aliphatic rings. The maximum Gasteiger partial charge on any atom is 0.272 e. The fourth-order valence-corrected chi connectivity index (χ4v) is 3.21. The van der Waals surface area contributed by atoms with E-state index in [1.807, 2.05) is 49.1 Å². The van der Waals surface area contributed by atoms with Gasteiger partial charge < -0.3 is 10.6 Å². The smallest absolute Gasteiger partial charge is 0.272 e. The second kappa shape index (κ2) is 7.81. The monoisotopic (exact) mass is 348 g/mol. The topological polar surface area (TPSA) is 75.0 Å². The van der Waals surface area contributed by atoms with Gasteiger partial charge in [-0.25, -0.2) is 0 Å². The Labute approximate surface area is 149 Å². The van der Waals surface area contributed by atoms with Crippen molar-refractivity contribution in [2.45, 2.75) is 45.2 Å². The highest BCUT2D eigenvalue weighted by Crippen LogP contribution is 2.23. The van der Waals surface area contributed by atoms with Crippen LogP contribution in [0.1, 0.15) is 42.2 Å². The standard InChI is InChI=1S/C18H24N4O.ClH/c1-12-6-8-14(9-7-12)15-11-16(21-20-15)18(23)22-10-4-3-5-17(22)13(2)19;/h6-9,11,13,17H,3-5,10,19H2,1-2H3,(H,20,21);1H. The lowest BCUT2D eigenvalue weighted by Gasteiger charge is -2.37. The summed E-state index contributed by atoms with van der Waals surface area (Å²) in [7, 11) is 0. The molecule has 1 amide bonds. The number of aromatic amines is 1. The summed E-state index contributed by atoms with van der Waals surface area (Å²) in [6.07, 6.45) is 3.14. The summed E-state index contributed by atoms with van der Waals surface area (Å²) < 4.78 is 0. The van der Waals surface area contributed by atoms with Gasteiger partial charge in [-0.05, 0) is 39.2 Å². The number of aryl methyl sites for hydroxylation is 1. The van der Waals surface area contributed by atoms with Crippen molar-refractivity contribution < 1.29 is 4.79 Å². The Morgan fingerprint density at radius 1 is 1.33 bits per heavy atom. The molecule has 1 fully saturated rings. The number of rotatable bonds is 3. The SMILES string of the molecule is Cc1ccc(-c2cc(C(=O)N3CCCCC3C(C)N)[nH]n2)cc1.Cl. The minimum absolute atomic E-state index is 0. The molecule has 0 spiro atoms. The van der Waals surface area contributed by atoms with Gasteiger partial charge in [-0.3, -0.25) is 9.89 Å². The van der Waals surface area contributed by atoms with E-state index in [0.717, 1.165) is 37.1 Å². The van der Waals surface area contributed by atoms with Crippen LogP contribution in [0.4, 0.5) is 0 Å². The lowest BCUT2D eigenvalue weighted by Crippen LogP contribution is -2.51. The molecule has 0 radical (unpaired) electrons. The Morgan fingerprint density at radius 2 is 2.04 bits per heavy atom. The van der Waals surface area contributed by atoms with Crippen molar-refractivity contribution >= 4 is 18.3 Å². The zero-order valence-electron chi connectivity index (χ0n) is 14.2. The van der Waals surface area contributed by atoms with Crippen molar-refractivity contribution in [3.05, 3.63) is 41.6 Å². The van der Waals surface area contributed by atoms with Crippen LogP contribution in [-0.2, 0) is 0 Å². The molecule has 1 saturated heterocycles. The van der Waals surface area contributed by atoms with Gasteiger partial charge in [-0.15, -0.1) is 12.4 Å². The Balaban J connectivity index is 0.00000208. The molecule has 2 unspecified atom stereocenters. The molecule has 3 rings (SSSR count). The number of amides is 1. The van der Waals surface area contributed by atoms with Gasteiger partial charge in [0, 0.05) is 24.2 Å². The third-order valence-corrected chi connectivity index (χ3v) is 4.57. The summed E-state index contributed by atoms with van der Waals surface area (Å²) in [6, 6.07) is 10.1. The average molecular weight is 349 g/mol. The molecule has 1 aliphatic heterocycles. The zero-order chi connectivity index (χ0) is 16.4. The third-order valence-electron chi connectivity index (χ3n) is 4.57. The molecule has 0 bridgehead atoms. The van der Waals surface area contributed by atoms with Crippen LogP contribution < -0.4 is 5.73 Å². The second-order valence-corrected chi connectivity index (χ2v) is 6.45. The van der Waals surface area contributed by atoms with Gasteiger partial charge >= 0.3 is 0 Å². The lowest BCUT2D eigenvalue weighted by atomic mass is 9.96. The highest BCUT2D eigenvalue weighted by molar-refractivity contribution is 5.93. The number of hydrogen-bond donors (Lipinski definition) is 2. The largest absolute Gasteiger partial charge is 0.333 e. The van der Waals surface area contributed by atoms with E-state index >= 15 is 0 Å². The molecule has 130 valence electrons. The highest BCUT2D eigenvalue weighted by Gasteiger charge is 2.30. The molecule has 5 nitrogen and oxygen atoms in total. The summed E-state index contributed by atoms with van der Waals surface area (Å²) in [5.41, 5.74) is 9.60. The molecule has 2 atom stereocenters. The van der Waals surface area contributed by atoms with Gasteiger partial charge in [0.2, 0.25) is 0 Å². The Bertz CT molecular complexity index is 681. The van der Waals surface area contributed by atoms with E-state index in [2.05, 4.69) is 10.2 Å². The van der Waals surface area contributed by atoms with Crippen LogP contribution in [0, 0.1) is 6.92 Å². The van der Waals surface area contributed by atoms with Crippen molar-refractivity contribution in [3.63, 3.8) is 0 Å². The molecular formula is C18H25ClN4O. The first-order valence-electron chi connectivity index (χ1n) is 8.25. The summed E-state index contributed by atoms with van der Waals surface area (Å²) >= 11 is 0. The number of likely N-dealkylation sites (tertiary alicyclic amines) is 1. The van der Waals surface area contributed by atoms with E-state index in [-0.39, 0.29) is 30.4 Å². The number of hydrogen-bond acceptors (Lipinski definition) is 3. The number of piperidine rings is 1. The summed E-state index contributed by atoms with van der Waals surface area (Å²) in [5.74, 6) is -0.00198. The number of carbonyl (C=O) groups is 1. The molecule has 3 N–H and O–H groups in total. The van der Waals surface area contributed by atoms with E-state index in [4.69, 9.17) is 5.73 Å². The van der Waals surface area contributed by atoms with Gasteiger partial charge in [0.25, 0.3) is 5.91 Å². The van der Waals surface area contributed by atoms with Crippen LogP contribution >= 0.6 is 12.4 Å². The molecule has 6 heteroatoms. The van der Waals surface area contributed by atoms with E-state index in [0.29, 0.717) is 5.69 Å². The molecule has 0 saturated carbocycles. The first kappa shape index (κ1) is 18.5. The minimum atomic E-state index is -0.0151.